The van der Waals surface area contributed by atoms with Gasteiger partial charge in [-0.3, -0.25) is 0 Å². The van der Waals surface area contributed by atoms with Crippen LogP contribution in [0.25, 0.3) is 0 Å². The Morgan fingerprint density at radius 3 is 2.13 bits per heavy atom. The van der Waals surface area contributed by atoms with Crippen molar-refractivity contribution in [3.8, 4) is 12.3 Å². The van der Waals surface area contributed by atoms with Crippen LogP contribution in [-0.4, -0.2) is 24.0 Å². The highest BCUT2D eigenvalue weighted by Gasteiger charge is 2.17. The van der Waals surface area contributed by atoms with Gasteiger partial charge in [0.2, 0.25) is 0 Å². The molecule has 0 aromatic rings. The molecule has 0 saturated carbocycles. The zero-order valence-corrected chi connectivity index (χ0v) is 11.1. The summed E-state index contributed by atoms with van der Waals surface area (Å²) in [6, 6.07) is 0.641. The van der Waals surface area contributed by atoms with E-state index in [1.807, 2.05) is 0 Å². The van der Waals surface area contributed by atoms with Crippen LogP contribution in [0.15, 0.2) is 0 Å². The Kier molecular flexibility index (Phi) is 7.52. The van der Waals surface area contributed by atoms with Crippen LogP contribution in [0.5, 0.6) is 0 Å². The molecule has 0 rings (SSSR count). The van der Waals surface area contributed by atoms with Gasteiger partial charge in [0.1, 0.15) is 0 Å². The van der Waals surface area contributed by atoms with E-state index < -0.39 is 0 Å². The molecule has 0 aliphatic carbocycles. The van der Waals surface area contributed by atoms with Gasteiger partial charge in [0, 0.05) is 19.0 Å². The molecule has 0 bridgehead atoms. The third kappa shape index (κ3) is 5.85. The summed E-state index contributed by atoms with van der Waals surface area (Å²) in [7, 11) is 0. The first kappa shape index (κ1) is 14.5. The predicted octanol–water partition coefficient (Wildman–Crippen LogP) is 3.40. The Morgan fingerprint density at radius 1 is 1.20 bits per heavy atom. The molecule has 0 heterocycles. The van der Waals surface area contributed by atoms with E-state index in [2.05, 4.69) is 45.4 Å². The van der Waals surface area contributed by atoms with Crippen molar-refractivity contribution in [3.63, 3.8) is 0 Å². The largest absolute Gasteiger partial charge is 0.301 e. The molecule has 0 N–H and O–H groups in total. The van der Waals surface area contributed by atoms with E-state index in [4.69, 9.17) is 6.42 Å². The number of terminal acetylenes is 1. The Bertz CT molecular complexity index is 188. The maximum atomic E-state index is 5.34. The van der Waals surface area contributed by atoms with Crippen LogP contribution < -0.4 is 0 Å². The molecular formula is C14H27N. The van der Waals surface area contributed by atoms with Gasteiger partial charge in [-0.05, 0) is 38.6 Å². The van der Waals surface area contributed by atoms with Crippen LogP contribution >= 0.6 is 0 Å². The van der Waals surface area contributed by atoms with Crippen LogP contribution in [-0.2, 0) is 0 Å². The molecule has 1 atom stereocenters. The fourth-order valence-corrected chi connectivity index (χ4v) is 1.91. The van der Waals surface area contributed by atoms with Gasteiger partial charge in [0.15, 0.2) is 0 Å². The highest BCUT2D eigenvalue weighted by Crippen LogP contribution is 2.19. The molecule has 0 spiro atoms. The lowest BCUT2D eigenvalue weighted by molar-refractivity contribution is 0.168. The third-order valence-corrected chi connectivity index (χ3v) is 3.21. The first-order valence-electron chi connectivity index (χ1n) is 6.20. The molecule has 0 saturated heterocycles. The average Bonchev–Trinajstić information content (AvgIpc) is 2.17. The summed E-state index contributed by atoms with van der Waals surface area (Å²) in [5.74, 6) is 4.22. The van der Waals surface area contributed by atoms with Gasteiger partial charge in [-0.15, -0.1) is 12.3 Å². The van der Waals surface area contributed by atoms with Crippen LogP contribution in [0.3, 0.4) is 0 Å². The van der Waals surface area contributed by atoms with Crippen molar-refractivity contribution in [1.29, 1.82) is 0 Å². The average molecular weight is 209 g/mol. The fraction of sp³-hybridized carbons (Fsp3) is 0.857. The summed E-state index contributed by atoms with van der Waals surface area (Å²) in [5.41, 5.74) is 0. The van der Waals surface area contributed by atoms with E-state index >= 15 is 0 Å². The van der Waals surface area contributed by atoms with Crippen LogP contribution in [0, 0.1) is 24.2 Å². The summed E-state index contributed by atoms with van der Waals surface area (Å²) < 4.78 is 0. The second-order valence-corrected chi connectivity index (χ2v) is 4.93. The number of hydrogen-bond acceptors (Lipinski definition) is 1. The van der Waals surface area contributed by atoms with Gasteiger partial charge < -0.3 is 4.90 Å². The molecule has 0 amide bonds. The second kappa shape index (κ2) is 7.77. The lowest BCUT2D eigenvalue weighted by Crippen LogP contribution is -2.36. The first-order valence-corrected chi connectivity index (χ1v) is 6.20. The number of rotatable bonds is 7. The van der Waals surface area contributed by atoms with Crippen molar-refractivity contribution in [3.05, 3.63) is 0 Å². The van der Waals surface area contributed by atoms with Crippen molar-refractivity contribution in [2.75, 3.05) is 13.1 Å². The summed E-state index contributed by atoms with van der Waals surface area (Å²) in [5, 5.41) is 0. The molecule has 1 heteroatoms. The van der Waals surface area contributed by atoms with Gasteiger partial charge in [0.05, 0.1) is 0 Å². The SMILES string of the molecule is C#CCCC(CN(CC)C(C)C)C(C)C. The number of hydrogen-bond donors (Lipinski definition) is 0. The highest BCUT2D eigenvalue weighted by molar-refractivity contribution is 4.85. The van der Waals surface area contributed by atoms with E-state index in [-0.39, 0.29) is 0 Å². The normalized spacial score (nSPS) is 13.5. The highest BCUT2D eigenvalue weighted by atomic mass is 15.1. The maximum Gasteiger partial charge on any atom is 0.00892 e. The molecule has 0 aliphatic rings. The maximum absolute atomic E-state index is 5.34. The molecule has 0 fully saturated rings. The minimum Gasteiger partial charge on any atom is -0.301 e. The van der Waals surface area contributed by atoms with Gasteiger partial charge in [-0.2, -0.15) is 0 Å². The third-order valence-electron chi connectivity index (χ3n) is 3.21. The first-order chi connectivity index (χ1) is 7.02. The molecule has 0 aliphatic heterocycles. The molecule has 1 nitrogen and oxygen atoms in total. The lowest BCUT2D eigenvalue weighted by atomic mass is 9.90. The van der Waals surface area contributed by atoms with Gasteiger partial charge >= 0.3 is 0 Å². The summed E-state index contributed by atoms with van der Waals surface area (Å²) in [6.45, 7) is 13.7. The predicted molar refractivity (Wildman–Crippen MR) is 68.8 cm³/mol. The lowest BCUT2D eigenvalue weighted by Gasteiger charge is -2.31. The Balaban J connectivity index is 4.20. The minimum atomic E-state index is 0.641. The van der Waals surface area contributed by atoms with Crippen molar-refractivity contribution in [2.24, 2.45) is 11.8 Å². The van der Waals surface area contributed by atoms with E-state index in [0.717, 1.165) is 31.2 Å². The van der Waals surface area contributed by atoms with Crippen LogP contribution in [0.1, 0.15) is 47.5 Å². The molecule has 0 radical (unpaired) electrons. The standard InChI is InChI=1S/C14H27N/c1-7-9-10-14(12(3)4)11-15(8-2)13(5)6/h1,12-14H,8-11H2,2-6H3. The molecule has 15 heavy (non-hydrogen) atoms. The fourth-order valence-electron chi connectivity index (χ4n) is 1.91. The van der Waals surface area contributed by atoms with E-state index in [1.165, 1.54) is 6.54 Å². The molecule has 88 valence electrons. The van der Waals surface area contributed by atoms with Crippen molar-refractivity contribution in [2.45, 2.75) is 53.5 Å². The van der Waals surface area contributed by atoms with Crippen molar-refractivity contribution >= 4 is 0 Å². The minimum absolute atomic E-state index is 0.641. The second-order valence-electron chi connectivity index (χ2n) is 4.93. The van der Waals surface area contributed by atoms with Gasteiger partial charge in [-0.1, -0.05) is 20.8 Å². The zero-order valence-electron chi connectivity index (χ0n) is 11.1. The topological polar surface area (TPSA) is 3.24 Å². The molecular weight excluding hydrogens is 182 g/mol. The van der Waals surface area contributed by atoms with Crippen LogP contribution in [0.2, 0.25) is 0 Å². The van der Waals surface area contributed by atoms with Crippen molar-refractivity contribution < 1.29 is 0 Å². The van der Waals surface area contributed by atoms with Gasteiger partial charge in [0.25, 0.3) is 0 Å². The summed E-state index contributed by atoms with van der Waals surface area (Å²) in [4.78, 5) is 2.53. The van der Waals surface area contributed by atoms with Crippen molar-refractivity contribution in [1.82, 2.24) is 4.90 Å². The molecule has 0 aromatic heterocycles. The Hall–Kier alpha value is -0.480. The van der Waals surface area contributed by atoms with Gasteiger partial charge in [-0.25, -0.2) is 0 Å². The van der Waals surface area contributed by atoms with E-state index in [0.29, 0.717) is 6.04 Å². The zero-order chi connectivity index (χ0) is 11.8. The van der Waals surface area contributed by atoms with Crippen LogP contribution in [0.4, 0.5) is 0 Å². The quantitative estimate of drug-likeness (QED) is 0.581. The summed E-state index contributed by atoms with van der Waals surface area (Å²) >= 11 is 0. The Labute approximate surface area is 96.2 Å². The monoisotopic (exact) mass is 209 g/mol. The Morgan fingerprint density at radius 2 is 1.80 bits per heavy atom. The molecule has 1 unspecified atom stereocenters. The summed E-state index contributed by atoms with van der Waals surface area (Å²) in [6.07, 6.45) is 7.42. The number of nitrogens with zero attached hydrogens (tertiary/aromatic N) is 1. The van der Waals surface area contributed by atoms with E-state index in [1.54, 1.807) is 0 Å². The molecule has 0 aromatic carbocycles. The van der Waals surface area contributed by atoms with E-state index in [9.17, 15) is 0 Å². The smallest absolute Gasteiger partial charge is 0.00892 e.